The molecule has 6 rings (SSSR count). The smallest absolute Gasteiger partial charge is 0.402 e. The van der Waals surface area contributed by atoms with Crippen molar-refractivity contribution in [3.05, 3.63) is 59.4 Å². The van der Waals surface area contributed by atoms with Crippen LogP contribution < -0.4 is 4.72 Å². The van der Waals surface area contributed by atoms with E-state index in [0.29, 0.717) is 34.2 Å². The standard InChI is InChI=1S/C24H22F4N4O3S/c25-20-7-3-14(4-8-20)21-29-30-22(35-21)16-2-1-15-10-18-5-6-19(11-17(15)9-16)23(18)12-32(13-24(26,27)28)36(33,34)31-23/h1-4,7-9,18-19,31H,5-6,10-13H2. The normalized spacial score (nSPS) is 27.3. The van der Waals surface area contributed by atoms with Gasteiger partial charge in [-0.1, -0.05) is 6.07 Å². The van der Waals surface area contributed by atoms with Crippen LogP contribution in [0, 0.1) is 17.7 Å². The van der Waals surface area contributed by atoms with E-state index in [1.165, 1.54) is 12.1 Å². The van der Waals surface area contributed by atoms with Gasteiger partial charge in [-0.15, -0.1) is 10.2 Å². The molecule has 2 heterocycles. The maximum atomic E-state index is 13.2. The van der Waals surface area contributed by atoms with Crippen LogP contribution in [0.5, 0.6) is 0 Å². The molecule has 1 saturated heterocycles. The Balaban J connectivity index is 1.29. The van der Waals surface area contributed by atoms with Crippen molar-refractivity contribution in [2.45, 2.75) is 37.4 Å². The Morgan fingerprint density at radius 1 is 0.972 bits per heavy atom. The van der Waals surface area contributed by atoms with Crippen LogP contribution in [-0.4, -0.2) is 47.7 Å². The second-order valence-electron chi connectivity index (χ2n) is 9.81. The van der Waals surface area contributed by atoms with Gasteiger partial charge in [-0.2, -0.15) is 30.6 Å². The lowest BCUT2D eigenvalue weighted by molar-refractivity contribution is -0.136. The monoisotopic (exact) mass is 522 g/mol. The van der Waals surface area contributed by atoms with E-state index in [0.717, 1.165) is 24.0 Å². The number of halogens is 4. The fourth-order valence-electron chi connectivity index (χ4n) is 6.03. The van der Waals surface area contributed by atoms with Crippen LogP contribution >= 0.6 is 0 Å². The zero-order valence-corrected chi connectivity index (χ0v) is 19.7. The second-order valence-corrected chi connectivity index (χ2v) is 11.5. The fraction of sp³-hybridized carbons (Fsp3) is 0.417. The van der Waals surface area contributed by atoms with E-state index in [-0.39, 0.29) is 30.1 Å². The average molecular weight is 523 g/mol. The highest BCUT2D eigenvalue weighted by molar-refractivity contribution is 7.87. The fourth-order valence-corrected chi connectivity index (χ4v) is 7.73. The molecule has 3 aliphatic rings. The number of aromatic nitrogens is 2. The van der Waals surface area contributed by atoms with Gasteiger partial charge in [-0.25, -0.2) is 4.39 Å². The van der Waals surface area contributed by atoms with Crippen LogP contribution in [0.25, 0.3) is 22.9 Å². The van der Waals surface area contributed by atoms with Crippen molar-refractivity contribution in [3.8, 4) is 22.9 Å². The Morgan fingerprint density at radius 3 is 2.25 bits per heavy atom. The van der Waals surface area contributed by atoms with Crippen molar-refractivity contribution in [2.75, 3.05) is 13.1 Å². The summed E-state index contributed by atoms with van der Waals surface area (Å²) in [5, 5.41) is 8.18. The Kier molecular flexibility index (Phi) is 5.29. The number of alkyl halides is 3. The Morgan fingerprint density at radius 2 is 1.58 bits per heavy atom. The third-order valence-electron chi connectivity index (χ3n) is 7.68. The van der Waals surface area contributed by atoms with E-state index >= 15 is 0 Å². The molecule has 1 spiro atoms. The molecule has 7 nitrogen and oxygen atoms in total. The van der Waals surface area contributed by atoms with Crippen molar-refractivity contribution >= 4 is 10.2 Å². The minimum absolute atomic E-state index is 0.101. The third-order valence-corrected chi connectivity index (χ3v) is 9.25. The molecule has 2 fully saturated rings. The number of nitrogens with one attached hydrogen (secondary N) is 1. The summed E-state index contributed by atoms with van der Waals surface area (Å²) in [6.45, 7) is -1.68. The number of rotatable bonds is 3. The van der Waals surface area contributed by atoms with Gasteiger partial charge in [0.1, 0.15) is 12.4 Å². The molecule has 1 aromatic heterocycles. The molecule has 2 aliphatic carbocycles. The summed E-state index contributed by atoms with van der Waals surface area (Å²) in [6.07, 6.45) is -2.04. The summed E-state index contributed by atoms with van der Waals surface area (Å²) in [5.41, 5.74) is 2.38. The zero-order chi connectivity index (χ0) is 25.3. The van der Waals surface area contributed by atoms with Crippen molar-refractivity contribution in [3.63, 3.8) is 0 Å². The first-order valence-electron chi connectivity index (χ1n) is 11.6. The third kappa shape index (κ3) is 4.00. The van der Waals surface area contributed by atoms with Gasteiger partial charge in [0.2, 0.25) is 11.8 Å². The van der Waals surface area contributed by atoms with Crippen LogP contribution in [0.1, 0.15) is 24.0 Å². The minimum atomic E-state index is -4.61. The Hall–Kier alpha value is -2.83. The predicted molar refractivity (Wildman–Crippen MR) is 121 cm³/mol. The first-order valence-corrected chi connectivity index (χ1v) is 13.0. The molecule has 1 aliphatic heterocycles. The topological polar surface area (TPSA) is 88.3 Å². The van der Waals surface area contributed by atoms with Gasteiger partial charge in [0.15, 0.2) is 0 Å². The first kappa shape index (κ1) is 23.6. The molecule has 3 atom stereocenters. The molecular formula is C24H22F4N4O3S. The molecule has 2 bridgehead atoms. The van der Waals surface area contributed by atoms with Gasteiger partial charge in [-0.3, -0.25) is 0 Å². The van der Waals surface area contributed by atoms with E-state index in [1.807, 2.05) is 18.2 Å². The summed E-state index contributed by atoms with van der Waals surface area (Å²) < 4.78 is 86.8. The number of hydrogen-bond donors (Lipinski definition) is 1. The molecule has 0 amide bonds. The molecule has 1 saturated carbocycles. The quantitative estimate of drug-likeness (QED) is 0.523. The summed E-state index contributed by atoms with van der Waals surface area (Å²) in [4.78, 5) is 0. The zero-order valence-electron chi connectivity index (χ0n) is 18.9. The van der Waals surface area contributed by atoms with E-state index in [4.69, 9.17) is 4.42 Å². The molecule has 190 valence electrons. The number of benzene rings is 2. The van der Waals surface area contributed by atoms with E-state index in [1.54, 1.807) is 12.1 Å². The SMILES string of the molecule is O=S1(=O)NC2(CN1CC(F)(F)F)C1CCC2Cc2cc(-c3nnc(-c4ccc(F)cc4)o3)ccc2C1. The van der Waals surface area contributed by atoms with Gasteiger partial charge >= 0.3 is 6.18 Å². The van der Waals surface area contributed by atoms with Gasteiger partial charge < -0.3 is 4.42 Å². The molecule has 36 heavy (non-hydrogen) atoms. The molecular weight excluding hydrogens is 500 g/mol. The summed E-state index contributed by atoms with van der Waals surface area (Å²) in [6, 6.07) is 11.4. The maximum absolute atomic E-state index is 13.2. The van der Waals surface area contributed by atoms with Crippen LogP contribution in [-0.2, 0) is 23.1 Å². The Labute approximate surface area is 204 Å². The molecule has 12 heteroatoms. The van der Waals surface area contributed by atoms with Gasteiger partial charge in [0.25, 0.3) is 10.2 Å². The van der Waals surface area contributed by atoms with Gasteiger partial charge in [-0.05, 0) is 85.0 Å². The summed E-state index contributed by atoms with van der Waals surface area (Å²) in [7, 11) is -4.23. The average Bonchev–Trinajstić information content (AvgIpc) is 3.43. The lowest BCUT2D eigenvalue weighted by Crippen LogP contribution is -2.52. The van der Waals surface area contributed by atoms with Crippen LogP contribution in [0.2, 0.25) is 0 Å². The molecule has 0 radical (unpaired) electrons. The Bertz CT molecular complexity index is 1420. The van der Waals surface area contributed by atoms with Crippen LogP contribution in [0.3, 0.4) is 0 Å². The number of hydrogen-bond acceptors (Lipinski definition) is 5. The summed E-state index contributed by atoms with van der Waals surface area (Å²) >= 11 is 0. The highest BCUT2D eigenvalue weighted by atomic mass is 32.2. The van der Waals surface area contributed by atoms with Crippen LogP contribution in [0.4, 0.5) is 17.6 Å². The summed E-state index contributed by atoms with van der Waals surface area (Å²) in [5.74, 6) is -0.0646. The highest BCUT2D eigenvalue weighted by Crippen LogP contribution is 2.50. The van der Waals surface area contributed by atoms with Crippen molar-refractivity contribution < 1.29 is 30.4 Å². The molecule has 2 aromatic carbocycles. The van der Waals surface area contributed by atoms with E-state index in [2.05, 4.69) is 14.9 Å². The minimum Gasteiger partial charge on any atom is -0.416 e. The largest absolute Gasteiger partial charge is 0.416 e. The van der Waals surface area contributed by atoms with Crippen molar-refractivity contribution in [1.29, 1.82) is 0 Å². The van der Waals surface area contributed by atoms with Crippen LogP contribution in [0.15, 0.2) is 46.9 Å². The van der Waals surface area contributed by atoms with Crippen molar-refractivity contribution in [1.82, 2.24) is 19.2 Å². The highest BCUT2D eigenvalue weighted by Gasteiger charge is 2.60. The number of fused-ring (bicyclic) bond motifs is 1. The van der Waals surface area contributed by atoms with E-state index in [9.17, 15) is 26.0 Å². The molecule has 1 N–H and O–H groups in total. The molecule has 3 unspecified atom stereocenters. The van der Waals surface area contributed by atoms with Crippen molar-refractivity contribution in [2.24, 2.45) is 11.8 Å². The van der Waals surface area contributed by atoms with Gasteiger partial charge in [0, 0.05) is 17.7 Å². The second kappa shape index (κ2) is 8.09. The lowest BCUT2D eigenvalue weighted by atomic mass is 9.79. The van der Waals surface area contributed by atoms with Gasteiger partial charge in [0.05, 0.1) is 5.54 Å². The first-order chi connectivity index (χ1) is 17.0. The molecule has 3 aromatic rings. The predicted octanol–water partition coefficient (Wildman–Crippen LogP) is 4.12. The maximum Gasteiger partial charge on any atom is 0.402 e. The van der Waals surface area contributed by atoms with E-state index < -0.39 is 28.5 Å². The number of nitrogens with zero attached hydrogens (tertiary/aromatic N) is 3. The lowest BCUT2D eigenvalue weighted by Gasteiger charge is -2.33.